The summed E-state index contributed by atoms with van der Waals surface area (Å²) in [5.41, 5.74) is 10.9. The zero-order valence-electron chi connectivity index (χ0n) is 20.9. The van der Waals surface area contributed by atoms with Gasteiger partial charge in [-0.1, -0.05) is 34.1 Å². The van der Waals surface area contributed by atoms with Crippen LogP contribution in [-0.4, -0.2) is 72.1 Å². The number of aliphatic hydroxyl groups excluding tert-OH is 1. The Morgan fingerprint density at radius 1 is 0.912 bits per heavy atom. The summed E-state index contributed by atoms with van der Waals surface area (Å²) in [6.07, 6.45) is -0.559. The van der Waals surface area contributed by atoms with Gasteiger partial charge in [0.25, 0.3) is 0 Å². The van der Waals surface area contributed by atoms with Gasteiger partial charge in [0.05, 0.1) is 19.3 Å². The Morgan fingerprint density at radius 3 is 1.88 bits per heavy atom. The van der Waals surface area contributed by atoms with Crippen LogP contribution in [0, 0.1) is 11.8 Å². The molecule has 196 valence electrons. The van der Waals surface area contributed by atoms with E-state index in [-0.39, 0.29) is 24.7 Å². The maximum absolute atomic E-state index is 13.0. The summed E-state index contributed by atoms with van der Waals surface area (Å²) >= 11 is 0. The standard InChI is InChI=1S/C22H41N5O7/c1-7-12(4)17(26-19(30)14(23)8-9-16(24)29)20(31)27-18(13(5)28)21(32)25-15(10-11(2)3)22(33)34-6/h11-15,17-18,28H,7-10,23H2,1-6H3,(H2,24,29)(H,25,32)(H,26,30)(H,27,31)/t12-,13+,14-,15-,17-,18-/m0/s1. The number of nitrogens with one attached hydrogen (secondary N) is 3. The van der Waals surface area contributed by atoms with E-state index in [0.717, 1.165) is 0 Å². The van der Waals surface area contributed by atoms with Gasteiger partial charge in [-0.15, -0.1) is 0 Å². The van der Waals surface area contributed by atoms with E-state index < -0.39 is 59.9 Å². The third-order valence-electron chi connectivity index (χ3n) is 5.40. The molecule has 0 spiro atoms. The van der Waals surface area contributed by atoms with E-state index in [1.807, 2.05) is 20.8 Å². The minimum atomic E-state index is -1.39. The average Bonchev–Trinajstić information content (AvgIpc) is 2.76. The highest BCUT2D eigenvalue weighted by Gasteiger charge is 2.34. The number of nitrogens with two attached hydrogens (primary N) is 2. The third-order valence-corrected chi connectivity index (χ3v) is 5.40. The maximum Gasteiger partial charge on any atom is 0.328 e. The molecule has 0 heterocycles. The number of hydrogen-bond donors (Lipinski definition) is 6. The van der Waals surface area contributed by atoms with Gasteiger partial charge in [0, 0.05) is 6.42 Å². The molecule has 0 aromatic rings. The van der Waals surface area contributed by atoms with Crippen LogP contribution >= 0.6 is 0 Å². The summed E-state index contributed by atoms with van der Waals surface area (Å²) < 4.78 is 4.73. The predicted octanol–water partition coefficient (Wildman–Crippen LogP) is -1.32. The molecule has 0 bridgehead atoms. The summed E-state index contributed by atoms with van der Waals surface area (Å²) in [7, 11) is 1.20. The van der Waals surface area contributed by atoms with Crippen LogP contribution in [0.3, 0.4) is 0 Å². The van der Waals surface area contributed by atoms with Crippen molar-refractivity contribution in [2.24, 2.45) is 23.3 Å². The van der Waals surface area contributed by atoms with E-state index in [4.69, 9.17) is 16.2 Å². The smallest absolute Gasteiger partial charge is 0.328 e. The van der Waals surface area contributed by atoms with Crippen LogP contribution in [0.25, 0.3) is 0 Å². The van der Waals surface area contributed by atoms with Crippen molar-refractivity contribution in [2.75, 3.05) is 7.11 Å². The second-order valence-corrected chi connectivity index (χ2v) is 8.92. The lowest BCUT2D eigenvalue weighted by molar-refractivity contribution is -0.146. The van der Waals surface area contributed by atoms with Gasteiger partial charge in [0.15, 0.2) is 0 Å². The van der Waals surface area contributed by atoms with Crippen molar-refractivity contribution in [1.29, 1.82) is 0 Å². The second-order valence-electron chi connectivity index (χ2n) is 8.92. The number of rotatable bonds is 15. The van der Waals surface area contributed by atoms with Crippen LogP contribution < -0.4 is 27.4 Å². The fourth-order valence-corrected chi connectivity index (χ4v) is 3.13. The Bertz CT molecular complexity index is 714. The minimum absolute atomic E-state index is 0.0134. The van der Waals surface area contributed by atoms with Crippen molar-refractivity contribution in [3.05, 3.63) is 0 Å². The Balaban J connectivity index is 5.51. The third kappa shape index (κ3) is 10.9. The Hall–Kier alpha value is -2.73. The molecular weight excluding hydrogens is 446 g/mol. The van der Waals surface area contributed by atoms with Gasteiger partial charge in [-0.25, -0.2) is 4.79 Å². The fourth-order valence-electron chi connectivity index (χ4n) is 3.13. The quantitative estimate of drug-likeness (QED) is 0.152. The van der Waals surface area contributed by atoms with Crippen molar-refractivity contribution in [3.63, 3.8) is 0 Å². The molecule has 0 unspecified atom stereocenters. The van der Waals surface area contributed by atoms with Gasteiger partial charge < -0.3 is 37.3 Å². The summed E-state index contributed by atoms with van der Waals surface area (Å²) in [4.78, 5) is 61.3. The van der Waals surface area contributed by atoms with Crippen molar-refractivity contribution >= 4 is 29.6 Å². The van der Waals surface area contributed by atoms with Gasteiger partial charge in [0.2, 0.25) is 23.6 Å². The Morgan fingerprint density at radius 2 is 1.44 bits per heavy atom. The predicted molar refractivity (Wildman–Crippen MR) is 125 cm³/mol. The molecule has 0 aliphatic carbocycles. The van der Waals surface area contributed by atoms with Crippen LogP contribution in [0.1, 0.15) is 60.3 Å². The van der Waals surface area contributed by atoms with Crippen molar-refractivity contribution in [1.82, 2.24) is 16.0 Å². The van der Waals surface area contributed by atoms with Crippen molar-refractivity contribution in [2.45, 2.75) is 90.6 Å². The molecule has 0 radical (unpaired) electrons. The van der Waals surface area contributed by atoms with E-state index in [1.165, 1.54) is 14.0 Å². The molecule has 34 heavy (non-hydrogen) atoms. The first kappa shape index (κ1) is 31.3. The number of amides is 4. The number of aliphatic hydroxyl groups is 1. The highest BCUT2D eigenvalue weighted by atomic mass is 16.5. The fraction of sp³-hybridized carbons (Fsp3) is 0.773. The first-order valence-corrected chi connectivity index (χ1v) is 11.5. The summed E-state index contributed by atoms with van der Waals surface area (Å²) in [5.74, 6) is -3.65. The van der Waals surface area contributed by atoms with Gasteiger partial charge in [-0.2, -0.15) is 0 Å². The monoisotopic (exact) mass is 487 g/mol. The molecule has 0 fully saturated rings. The number of hydrogen-bond acceptors (Lipinski definition) is 8. The van der Waals surface area contributed by atoms with Crippen LogP contribution in [0.5, 0.6) is 0 Å². The van der Waals surface area contributed by atoms with Crippen LogP contribution in [-0.2, 0) is 28.7 Å². The molecule has 0 aliphatic rings. The molecule has 0 saturated heterocycles. The van der Waals surface area contributed by atoms with Crippen LogP contribution in [0.4, 0.5) is 0 Å². The molecule has 12 heteroatoms. The number of carbonyl (C=O) groups excluding carboxylic acids is 5. The molecule has 0 saturated carbocycles. The summed E-state index contributed by atoms with van der Waals surface area (Å²) in [5, 5.41) is 17.7. The molecule has 4 amide bonds. The molecule has 8 N–H and O–H groups in total. The highest BCUT2D eigenvalue weighted by molar-refractivity contribution is 5.94. The number of carbonyl (C=O) groups is 5. The molecule has 0 aromatic carbocycles. The van der Waals surface area contributed by atoms with Crippen LogP contribution in [0.2, 0.25) is 0 Å². The normalized spacial score (nSPS) is 16.4. The number of methoxy groups -OCH3 is 1. The lowest BCUT2D eigenvalue weighted by Crippen LogP contribution is -2.61. The molecular formula is C22H41N5O7. The van der Waals surface area contributed by atoms with Crippen molar-refractivity contribution in [3.8, 4) is 0 Å². The highest BCUT2D eigenvalue weighted by Crippen LogP contribution is 2.11. The number of esters is 1. The maximum atomic E-state index is 13.0. The average molecular weight is 488 g/mol. The molecule has 0 aromatic heterocycles. The Labute approximate surface area is 200 Å². The first-order chi connectivity index (χ1) is 15.7. The topological polar surface area (TPSA) is 203 Å². The van der Waals surface area contributed by atoms with E-state index in [2.05, 4.69) is 16.0 Å². The number of primary amides is 1. The molecule has 0 aliphatic heterocycles. The van der Waals surface area contributed by atoms with Crippen molar-refractivity contribution < 1.29 is 33.8 Å². The SMILES string of the molecule is CC[C@H](C)[C@H](NC(=O)[C@@H](N)CCC(N)=O)C(=O)N[C@H](C(=O)N[C@@H](CC(C)C)C(=O)OC)[C@@H](C)O. The van der Waals surface area contributed by atoms with E-state index >= 15 is 0 Å². The summed E-state index contributed by atoms with van der Waals surface area (Å²) in [6, 6.07) is -4.46. The Kier molecular flexibility index (Phi) is 14.0. The van der Waals surface area contributed by atoms with E-state index in [9.17, 15) is 29.1 Å². The molecule has 0 rings (SSSR count). The minimum Gasteiger partial charge on any atom is -0.467 e. The van der Waals surface area contributed by atoms with Gasteiger partial charge >= 0.3 is 5.97 Å². The lowest BCUT2D eigenvalue weighted by Gasteiger charge is -2.29. The number of ether oxygens (including phenoxy) is 1. The van der Waals surface area contributed by atoms with Gasteiger partial charge in [-0.3, -0.25) is 19.2 Å². The zero-order chi connectivity index (χ0) is 26.6. The summed E-state index contributed by atoms with van der Waals surface area (Å²) in [6.45, 7) is 8.59. The van der Waals surface area contributed by atoms with E-state index in [1.54, 1.807) is 6.92 Å². The zero-order valence-corrected chi connectivity index (χ0v) is 20.9. The lowest BCUT2D eigenvalue weighted by atomic mass is 9.96. The molecule has 6 atom stereocenters. The first-order valence-electron chi connectivity index (χ1n) is 11.5. The second kappa shape index (κ2) is 15.2. The molecule has 12 nitrogen and oxygen atoms in total. The van der Waals surface area contributed by atoms with Gasteiger partial charge in [0.1, 0.15) is 18.1 Å². The largest absolute Gasteiger partial charge is 0.467 e. The van der Waals surface area contributed by atoms with Gasteiger partial charge in [-0.05, 0) is 31.6 Å². The van der Waals surface area contributed by atoms with Crippen LogP contribution in [0.15, 0.2) is 0 Å². The van der Waals surface area contributed by atoms with E-state index in [0.29, 0.717) is 12.8 Å².